The Morgan fingerprint density at radius 2 is 1.21 bits per heavy atom. The van der Waals surface area contributed by atoms with Gasteiger partial charge in [-0.05, 0) is 38.5 Å². The minimum Gasteiger partial charge on any atom is -0.756 e. The molecule has 0 aromatic carbocycles. The normalized spacial score (nSPS) is 15.1. The van der Waals surface area contributed by atoms with Gasteiger partial charge in [-0.3, -0.25) is 9.36 Å². The third-order valence-corrected chi connectivity index (χ3v) is 9.32. The summed E-state index contributed by atoms with van der Waals surface area (Å²) in [5.41, 5.74) is 0. The Labute approximate surface area is 296 Å². The third kappa shape index (κ3) is 33.2. The van der Waals surface area contributed by atoms with Gasteiger partial charge >= 0.3 is 0 Å². The number of allylic oxidation sites excluding steroid dienone is 5. The average molecular weight is 699 g/mol. The third-order valence-electron chi connectivity index (χ3n) is 8.36. The number of quaternary nitrogens is 1. The summed E-state index contributed by atoms with van der Waals surface area (Å²) in [7, 11) is 1.22. The second kappa shape index (κ2) is 31.7. The Morgan fingerprint density at radius 3 is 1.73 bits per heavy atom. The zero-order valence-electron chi connectivity index (χ0n) is 31.7. The minimum atomic E-state index is -4.59. The fourth-order valence-electron chi connectivity index (χ4n) is 5.20. The smallest absolute Gasteiger partial charge is 0.268 e. The van der Waals surface area contributed by atoms with Crippen molar-refractivity contribution in [1.82, 2.24) is 5.32 Å². The number of hydrogen-bond donors (Lipinski definition) is 2. The van der Waals surface area contributed by atoms with E-state index >= 15 is 0 Å². The van der Waals surface area contributed by atoms with Gasteiger partial charge in [-0.1, -0.05) is 147 Å². The molecule has 0 saturated heterocycles. The molecule has 0 fully saturated rings. The molecule has 0 aliphatic carbocycles. The van der Waals surface area contributed by atoms with E-state index < -0.39 is 26.6 Å². The molecule has 1 amide bonds. The van der Waals surface area contributed by atoms with Gasteiger partial charge in [-0.15, -0.1) is 0 Å². The molecule has 8 nitrogen and oxygen atoms in total. The molecule has 282 valence electrons. The number of carbonyl (C=O) groups excluding carboxylic acids is 1. The summed E-state index contributed by atoms with van der Waals surface area (Å²) < 4.78 is 23.0. The van der Waals surface area contributed by atoms with Gasteiger partial charge in [-0.2, -0.15) is 0 Å². The van der Waals surface area contributed by atoms with E-state index in [0.717, 1.165) is 32.1 Å². The lowest BCUT2D eigenvalue weighted by Gasteiger charge is -2.29. The van der Waals surface area contributed by atoms with Gasteiger partial charge in [-0.25, -0.2) is 0 Å². The molecule has 0 heterocycles. The van der Waals surface area contributed by atoms with E-state index in [1.165, 1.54) is 96.3 Å². The Hall–Kier alpha value is -1.28. The summed E-state index contributed by atoms with van der Waals surface area (Å²) >= 11 is 0. The Bertz CT molecular complexity index is 886. The molecule has 0 aliphatic heterocycles. The molecule has 0 aliphatic rings. The van der Waals surface area contributed by atoms with Crippen molar-refractivity contribution < 1.29 is 32.9 Å². The number of carbonyl (C=O) groups is 1. The summed E-state index contributed by atoms with van der Waals surface area (Å²) in [5.74, 6) is -0.267. The lowest BCUT2D eigenvalue weighted by Crippen LogP contribution is -2.45. The highest BCUT2D eigenvalue weighted by molar-refractivity contribution is 7.45. The Morgan fingerprint density at radius 1 is 0.729 bits per heavy atom. The highest BCUT2D eigenvalue weighted by Gasteiger charge is 2.23. The molecule has 0 aromatic heterocycles. The number of likely N-dealkylation sites (N-methyl/N-ethyl adjacent to an activating group) is 1. The number of rotatable bonds is 34. The van der Waals surface area contributed by atoms with Crippen LogP contribution in [0.4, 0.5) is 0 Å². The topological polar surface area (TPSA) is 108 Å². The Kier molecular flexibility index (Phi) is 30.8. The second-order valence-corrected chi connectivity index (χ2v) is 15.7. The first kappa shape index (κ1) is 46.7. The zero-order valence-corrected chi connectivity index (χ0v) is 32.6. The molecule has 9 heteroatoms. The monoisotopic (exact) mass is 699 g/mol. The molecule has 0 radical (unpaired) electrons. The number of aliphatic hydroxyl groups excluding tert-OH is 1. The average Bonchev–Trinajstić information content (AvgIpc) is 3.02. The quantitative estimate of drug-likeness (QED) is 0.0300. The number of phosphoric ester groups is 1. The van der Waals surface area contributed by atoms with Gasteiger partial charge < -0.3 is 28.8 Å². The summed E-state index contributed by atoms with van der Waals surface area (Å²) in [5, 5.41) is 13.6. The molecular formula is C39H75N2O6P. The van der Waals surface area contributed by atoms with Crippen LogP contribution >= 0.6 is 7.82 Å². The van der Waals surface area contributed by atoms with Crippen molar-refractivity contribution in [2.24, 2.45) is 0 Å². The number of nitrogens with zero attached hydrogens (tertiary/aromatic N) is 1. The molecule has 3 atom stereocenters. The van der Waals surface area contributed by atoms with Crippen molar-refractivity contribution in [1.29, 1.82) is 0 Å². The number of phosphoric acid groups is 1. The molecular weight excluding hydrogens is 623 g/mol. The molecule has 0 spiro atoms. The standard InChI is InChI=1S/C39H75N2O6P/c1-6-8-10-12-14-16-18-20-22-24-26-28-30-32-38(42)37(36-47-48(44,45)46-35-34-41(3,4)5)40-39(43)33-31-29-27-25-23-21-19-17-15-13-11-9-7-2/h21,23,27,29-30,32,37-38,42H,6-20,22,24-26,28,31,33-36H2,1-5H3,(H-,40,43,44,45)/b23-21-,29-27-,32-30+. The highest BCUT2D eigenvalue weighted by atomic mass is 31.2. The molecule has 0 bridgehead atoms. The predicted octanol–water partition coefficient (Wildman–Crippen LogP) is 9.33. The first-order valence-corrected chi connectivity index (χ1v) is 20.8. The zero-order chi connectivity index (χ0) is 35.8. The van der Waals surface area contributed by atoms with Gasteiger partial charge in [0.05, 0.1) is 39.9 Å². The first-order chi connectivity index (χ1) is 23.0. The predicted molar refractivity (Wildman–Crippen MR) is 201 cm³/mol. The lowest BCUT2D eigenvalue weighted by molar-refractivity contribution is -0.870. The number of nitrogens with one attached hydrogen (secondary N) is 1. The SMILES string of the molecule is CCCCCCCC/C=C\C/C=C\CCC(=O)NC(COP(=O)([O-])OCC[N+](C)(C)C)C(O)/C=C/CCCCCCCCCCCCC. The van der Waals surface area contributed by atoms with Crippen LogP contribution in [0.3, 0.4) is 0 Å². The van der Waals surface area contributed by atoms with Crippen LogP contribution in [0.15, 0.2) is 36.5 Å². The van der Waals surface area contributed by atoms with E-state index in [2.05, 4.69) is 37.4 Å². The van der Waals surface area contributed by atoms with E-state index in [9.17, 15) is 19.4 Å². The maximum absolute atomic E-state index is 12.7. The fourth-order valence-corrected chi connectivity index (χ4v) is 5.92. The van der Waals surface area contributed by atoms with Crippen LogP contribution in [0.25, 0.3) is 0 Å². The van der Waals surface area contributed by atoms with Crippen LogP contribution < -0.4 is 10.2 Å². The van der Waals surface area contributed by atoms with Crippen LogP contribution in [0.1, 0.15) is 155 Å². The van der Waals surface area contributed by atoms with Gasteiger partial charge in [0.15, 0.2) is 0 Å². The van der Waals surface area contributed by atoms with Crippen LogP contribution in [-0.2, 0) is 18.4 Å². The van der Waals surface area contributed by atoms with E-state index in [1.54, 1.807) is 6.08 Å². The molecule has 0 aromatic rings. The molecule has 0 saturated carbocycles. The fraction of sp³-hybridized carbons (Fsp3) is 0.821. The van der Waals surface area contributed by atoms with Crippen molar-refractivity contribution >= 4 is 13.7 Å². The largest absolute Gasteiger partial charge is 0.756 e. The van der Waals surface area contributed by atoms with Crippen LogP contribution in [0.2, 0.25) is 0 Å². The van der Waals surface area contributed by atoms with Crippen molar-refractivity contribution in [3.05, 3.63) is 36.5 Å². The number of hydrogen-bond acceptors (Lipinski definition) is 6. The molecule has 48 heavy (non-hydrogen) atoms. The van der Waals surface area contributed by atoms with E-state index in [0.29, 0.717) is 17.4 Å². The second-order valence-electron chi connectivity index (χ2n) is 14.3. The highest BCUT2D eigenvalue weighted by Crippen LogP contribution is 2.38. The van der Waals surface area contributed by atoms with E-state index in [-0.39, 0.29) is 18.9 Å². The number of aliphatic hydroxyl groups is 1. The number of unbranched alkanes of at least 4 members (excludes halogenated alkanes) is 17. The van der Waals surface area contributed by atoms with Crippen molar-refractivity contribution in [2.75, 3.05) is 40.9 Å². The first-order valence-electron chi connectivity index (χ1n) is 19.4. The van der Waals surface area contributed by atoms with Gasteiger partial charge in [0.1, 0.15) is 13.2 Å². The summed E-state index contributed by atoms with van der Waals surface area (Å²) in [6, 6.07) is -0.913. The van der Waals surface area contributed by atoms with E-state index in [4.69, 9.17) is 9.05 Å². The summed E-state index contributed by atoms with van der Waals surface area (Å²) in [6.07, 6.45) is 36.3. The summed E-state index contributed by atoms with van der Waals surface area (Å²) in [4.78, 5) is 25.1. The number of amides is 1. The lowest BCUT2D eigenvalue weighted by atomic mass is 10.0. The van der Waals surface area contributed by atoms with Crippen LogP contribution in [0, 0.1) is 0 Å². The molecule has 3 unspecified atom stereocenters. The van der Waals surface area contributed by atoms with Gasteiger partial charge in [0.2, 0.25) is 5.91 Å². The van der Waals surface area contributed by atoms with Gasteiger partial charge in [0, 0.05) is 6.42 Å². The maximum atomic E-state index is 12.7. The summed E-state index contributed by atoms with van der Waals surface area (Å²) in [6.45, 7) is 4.56. The van der Waals surface area contributed by atoms with Crippen LogP contribution in [-0.4, -0.2) is 68.5 Å². The molecule has 0 rings (SSSR count). The van der Waals surface area contributed by atoms with Gasteiger partial charge in [0.25, 0.3) is 7.82 Å². The van der Waals surface area contributed by atoms with Crippen LogP contribution in [0.5, 0.6) is 0 Å². The van der Waals surface area contributed by atoms with Crippen molar-refractivity contribution in [3.63, 3.8) is 0 Å². The minimum absolute atomic E-state index is 0.0106. The maximum Gasteiger partial charge on any atom is 0.268 e. The van der Waals surface area contributed by atoms with Crippen molar-refractivity contribution in [3.8, 4) is 0 Å². The molecule has 2 N–H and O–H groups in total. The van der Waals surface area contributed by atoms with E-state index in [1.807, 2.05) is 33.3 Å². The Balaban J connectivity index is 4.64. The van der Waals surface area contributed by atoms with Crippen molar-refractivity contribution in [2.45, 2.75) is 167 Å².